The number of benzene rings is 1. The fraction of sp³-hybridized carbons (Fsp3) is 0.364. The first kappa shape index (κ1) is 10.6. The molecule has 0 radical (unpaired) electrons. The Balaban J connectivity index is 2.07. The maximum atomic E-state index is 11.8. The average Bonchev–Trinajstić information content (AvgIpc) is 2.82. The van der Waals surface area contributed by atoms with Crippen molar-refractivity contribution in [3.63, 3.8) is 0 Å². The lowest BCUT2D eigenvalue weighted by molar-refractivity contribution is 0.598. The normalized spacial score (nSPS) is 21.1. The van der Waals surface area contributed by atoms with Gasteiger partial charge in [0, 0.05) is 18.8 Å². The van der Waals surface area contributed by atoms with Crippen LogP contribution in [0.4, 0.5) is 11.4 Å². The maximum absolute atomic E-state index is 11.8. The van der Waals surface area contributed by atoms with Crippen LogP contribution in [0.5, 0.6) is 0 Å². The number of nitrogens with one attached hydrogen (secondary N) is 1. The second-order valence-electron chi connectivity index (χ2n) is 4.23. The second-order valence-corrected chi connectivity index (χ2v) is 5.83. The highest BCUT2D eigenvalue weighted by molar-refractivity contribution is 7.90. The number of anilines is 2. The number of rotatable bonds is 1. The number of sulfonamides is 1. The quantitative estimate of drug-likeness (QED) is 0.820. The first-order valence-corrected chi connectivity index (χ1v) is 7.05. The van der Waals surface area contributed by atoms with Crippen molar-refractivity contribution >= 4 is 27.7 Å². The van der Waals surface area contributed by atoms with Crippen molar-refractivity contribution < 1.29 is 8.42 Å². The highest BCUT2D eigenvalue weighted by atomic mass is 32.2. The lowest BCUT2D eigenvalue weighted by Crippen LogP contribution is -2.19. The Morgan fingerprint density at radius 3 is 2.76 bits per heavy atom. The molecule has 5 nitrogen and oxygen atoms in total. The van der Waals surface area contributed by atoms with E-state index in [2.05, 4.69) is 14.6 Å². The zero-order chi connectivity index (χ0) is 11.9. The van der Waals surface area contributed by atoms with Crippen LogP contribution in [0.1, 0.15) is 12.8 Å². The summed E-state index contributed by atoms with van der Waals surface area (Å²) in [7, 11) is -3.51. The molecule has 2 aliphatic heterocycles. The first-order chi connectivity index (χ1) is 8.17. The standard InChI is InChI=1S/C11H13N3O2S/c15-17(16)11-7-9(14-5-1-2-6-14)3-4-10(11)12-8-13-17/h3-4,7-8H,1-2,5-6H2,(H,12,13). The van der Waals surface area contributed by atoms with Crippen molar-refractivity contribution in [1.29, 1.82) is 0 Å². The third-order valence-electron chi connectivity index (χ3n) is 3.13. The van der Waals surface area contributed by atoms with Gasteiger partial charge < -0.3 is 10.2 Å². The number of nitrogens with zero attached hydrogens (tertiary/aromatic N) is 2. The number of hydrogen-bond donors (Lipinski definition) is 1. The summed E-state index contributed by atoms with van der Waals surface area (Å²) in [5.74, 6) is 0. The molecule has 0 aliphatic carbocycles. The Morgan fingerprint density at radius 2 is 2.00 bits per heavy atom. The maximum Gasteiger partial charge on any atom is 0.285 e. The third kappa shape index (κ3) is 1.78. The van der Waals surface area contributed by atoms with Gasteiger partial charge in [0.1, 0.15) is 11.2 Å². The molecule has 2 heterocycles. The van der Waals surface area contributed by atoms with E-state index in [1.165, 1.54) is 19.2 Å². The molecule has 1 saturated heterocycles. The summed E-state index contributed by atoms with van der Waals surface area (Å²) in [5.41, 5.74) is 1.56. The van der Waals surface area contributed by atoms with Gasteiger partial charge in [-0.25, -0.2) is 0 Å². The molecule has 1 aromatic rings. The molecule has 6 heteroatoms. The predicted octanol–water partition coefficient (Wildman–Crippen LogP) is 1.43. The summed E-state index contributed by atoms with van der Waals surface area (Å²) in [6.45, 7) is 1.99. The fourth-order valence-electron chi connectivity index (χ4n) is 2.24. The molecule has 0 aromatic heterocycles. The van der Waals surface area contributed by atoms with Crippen LogP contribution in [0, 0.1) is 0 Å². The molecule has 0 saturated carbocycles. The summed E-state index contributed by atoms with van der Waals surface area (Å²) < 4.78 is 27.1. The minimum absolute atomic E-state index is 0.268. The Labute approximate surface area is 100 Å². The predicted molar refractivity (Wildman–Crippen MR) is 67.2 cm³/mol. The van der Waals surface area contributed by atoms with Crippen LogP contribution in [-0.4, -0.2) is 27.8 Å². The highest BCUT2D eigenvalue weighted by Crippen LogP contribution is 2.31. The molecular formula is C11H13N3O2S. The summed E-state index contributed by atoms with van der Waals surface area (Å²) in [6.07, 6.45) is 3.55. The van der Waals surface area contributed by atoms with Gasteiger partial charge in [0.15, 0.2) is 0 Å². The molecule has 3 rings (SSSR count). The Hall–Kier alpha value is -1.56. The summed E-state index contributed by atoms with van der Waals surface area (Å²) in [5, 5.41) is 2.85. The summed E-state index contributed by atoms with van der Waals surface area (Å²) in [6, 6.07) is 5.46. The minimum Gasteiger partial charge on any atom is -0.371 e. The molecule has 0 bridgehead atoms. The van der Waals surface area contributed by atoms with Gasteiger partial charge in [-0.2, -0.15) is 8.42 Å². The van der Waals surface area contributed by atoms with Crippen LogP contribution in [0.15, 0.2) is 27.5 Å². The van der Waals surface area contributed by atoms with Gasteiger partial charge in [0.25, 0.3) is 10.0 Å². The summed E-state index contributed by atoms with van der Waals surface area (Å²) >= 11 is 0. The van der Waals surface area contributed by atoms with Crippen LogP contribution in [-0.2, 0) is 10.0 Å². The molecule has 0 atom stereocenters. The molecule has 0 amide bonds. The van der Waals surface area contributed by atoms with Gasteiger partial charge in [-0.15, -0.1) is 4.40 Å². The number of fused-ring (bicyclic) bond motifs is 1. The first-order valence-electron chi connectivity index (χ1n) is 5.61. The van der Waals surface area contributed by atoms with E-state index in [1.54, 1.807) is 12.1 Å². The average molecular weight is 251 g/mol. The van der Waals surface area contributed by atoms with E-state index in [9.17, 15) is 8.42 Å². The smallest absolute Gasteiger partial charge is 0.285 e. The largest absolute Gasteiger partial charge is 0.371 e. The van der Waals surface area contributed by atoms with Crippen LogP contribution in [0.2, 0.25) is 0 Å². The molecule has 1 aromatic carbocycles. The SMILES string of the molecule is O=S1(=O)N=CNc2ccc(N3CCCC3)cc21. The van der Waals surface area contributed by atoms with E-state index < -0.39 is 10.0 Å². The van der Waals surface area contributed by atoms with E-state index in [0.29, 0.717) is 5.69 Å². The monoisotopic (exact) mass is 251 g/mol. The Kier molecular flexibility index (Phi) is 2.32. The van der Waals surface area contributed by atoms with Crippen molar-refractivity contribution in [3.8, 4) is 0 Å². The topological polar surface area (TPSA) is 61.8 Å². The van der Waals surface area contributed by atoms with Crippen LogP contribution < -0.4 is 10.2 Å². The molecule has 90 valence electrons. The van der Waals surface area contributed by atoms with Crippen molar-refractivity contribution in [2.75, 3.05) is 23.3 Å². The van der Waals surface area contributed by atoms with Crippen LogP contribution in [0.3, 0.4) is 0 Å². The molecular weight excluding hydrogens is 238 g/mol. The Bertz CT molecular complexity index is 574. The van der Waals surface area contributed by atoms with E-state index in [-0.39, 0.29) is 4.90 Å². The van der Waals surface area contributed by atoms with Gasteiger partial charge in [-0.1, -0.05) is 0 Å². The van der Waals surface area contributed by atoms with Gasteiger partial charge in [0.2, 0.25) is 0 Å². The molecule has 2 aliphatic rings. The summed E-state index contributed by atoms with van der Waals surface area (Å²) in [4.78, 5) is 2.47. The van der Waals surface area contributed by atoms with Crippen LogP contribution in [0.25, 0.3) is 0 Å². The van der Waals surface area contributed by atoms with Gasteiger partial charge in [-0.3, -0.25) is 0 Å². The van der Waals surface area contributed by atoms with Gasteiger partial charge >= 0.3 is 0 Å². The molecule has 0 unspecified atom stereocenters. The second kappa shape index (κ2) is 3.73. The molecule has 17 heavy (non-hydrogen) atoms. The fourth-order valence-corrected chi connectivity index (χ4v) is 3.22. The lowest BCUT2D eigenvalue weighted by atomic mass is 10.2. The van der Waals surface area contributed by atoms with Crippen molar-refractivity contribution in [1.82, 2.24) is 0 Å². The zero-order valence-electron chi connectivity index (χ0n) is 9.26. The van der Waals surface area contributed by atoms with Gasteiger partial charge in [-0.05, 0) is 31.0 Å². The third-order valence-corrected chi connectivity index (χ3v) is 4.40. The van der Waals surface area contributed by atoms with Crippen molar-refractivity contribution in [2.24, 2.45) is 4.40 Å². The van der Waals surface area contributed by atoms with E-state index in [4.69, 9.17) is 0 Å². The highest BCUT2D eigenvalue weighted by Gasteiger charge is 2.22. The molecule has 0 spiro atoms. The minimum atomic E-state index is -3.51. The van der Waals surface area contributed by atoms with Crippen molar-refractivity contribution in [2.45, 2.75) is 17.7 Å². The molecule has 1 fully saturated rings. The van der Waals surface area contributed by atoms with Crippen molar-refractivity contribution in [3.05, 3.63) is 18.2 Å². The lowest BCUT2D eigenvalue weighted by Gasteiger charge is -2.20. The zero-order valence-corrected chi connectivity index (χ0v) is 10.1. The van der Waals surface area contributed by atoms with Crippen LogP contribution >= 0.6 is 0 Å². The van der Waals surface area contributed by atoms with E-state index in [0.717, 1.165) is 18.8 Å². The van der Waals surface area contributed by atoms with E-state index >= 15 is 0 Å². The molecule has 1 N–H and O–H groups in total. The van der Waals surface area contributed by atoms with Gasteiger partial charge in [0.05, 0.1) is 5.69 Å². The van der Waals surface area contributed by atoms with E-state index in [1.807, 2.05) is 6.07 Å². The number of hydrogen-bond acceptors (Lipinski definition) is 4. The Morgan fingerprint density at radius 1 is 1.24 bits per heavy atom.